The summed E-state index contributed by atoms with van der Waals surface area (Å²) in [6.45, 7) is 9.65. The molecule has 2 aromatic carbocycles. The molecular weight excluding hydrogens is 398 g/mol. The van der Waals surface area contributed by atoms with Gasteiger partial charge in [-0.25, -0.2) is 0 Å². The van der Waals surface area contributed by atoms with Crippen molar-refractivity contribution in [2.45, 2.75) is 66.2 Å². The van der Waals surface area contributed by atoms with Crippen molar-refractivity contribution in [3.05, 3.63) is 70.8 Å². The summed E-state index contributed by atoms with van der Waals surface area (Å²) >= 11 is 0. The van der Waals surface area contributed by atoms with Crippen LogP contribution in [0.4, 0.5) is 0 Å². The van der Waals surface area contributed by atoms with Crippen LogP contribution in [0.15, 0.2) is 53.7 Å². The predicted molar refractivity (Wildman–Crippen MR) is 134 cm³/mol. The van der Waals surface area contributed by atoms with E-state index in [4.69, 9.17) is 14.3 Å². The summed E-state index contributed by atoms with van der Waals surface area (Å²) in [7, 11) is 1.61. The standard InChI is InChI=1S/C28H39NO3/c1-6-8-16-27(29-30-5)25-15-12-14-24(21-25)13-10-11-18-32-28-22(3)19-26(20-23(28)4)31-17-9-7-2/h7,9,12,14-15,19-21H,6,8,10-11,13,16-18H2,1-5H3/b9-7+,29-27?. The quantitative estimate of drug-likeness (QED) is 0.136. The second-order valence-electron chi connectivity index (χ2n) is 8.10. The normalized spacial score (nSPS) is 11.7. The first-order valence-corrected chi connectivity index (χ1v) is 11.8. The molecule has 4 heteroatoms. The van der Waals surface area contributed by atoms with Gasteiger partial charge in [0.15, 0.2) is 0 Å². The van der Waals surface area contributed by atoms with E-state index in [1.54, 1.807) is 7.11 Å². The van der Waals surface area contributed by atoms with Gasteiger partial charge in [-0.1, -0.05) is 48.9 Å². The summed E-state index contributed by atoms with van der Waals surface area (Å²) in [5.41, 5.74) is 5.76. The van der Waals surface area contributed by atoms with Crippen LogP contribution in [0.1, 0.15) is 68.2 Å². The fraction of sp³-hybridized carbons (Fsp3) is 0.464. The van der Waals surface area contributed by atoms with Crippen LogP contribution in [0.3, 0.4) is 0 Å². The van der Waals surface area contributed by atoms with Crippen molar-refractivity contribution in [1.82, 2.24) is 0 Å². The molecular formula is C28H39NO3. The number of ether oxygens (including phenoxy) is 2. The highest BCUT2D eigenvalue weighted by molar-refractivity contribution is 6.00. The zero-order valence-corrected chi connectivity index (χ0v) is 20.4. The van der Waals surface area contributed by atoms with E-state index in [1.807, 2.05) is 19.1 Å². The van der Waals surface area contributed by atoms with Crippen LogP contribution in [0, 0.1) is 13.8 Å². The van der Waals surface area contributed by atoms with Gasteiger partial charge in [-0.2, -0.15) is 0 Å². The fourth-order valence-corrected chi connectivity index (χ4v) is 3.67. The van der Waals surface area contributed by atoms with E-state index in [-0.39, 0.29) is 0 Å². The van der Waals surface area contributed by atoms with Crippen molar-refractivity contribution in [2.75, 3.05) is 20.3 Å². The first-order valence-electron chi connectivity index (χ1n) is 11.8. The van der Waals surface area contributed by atoms with Gasteiger partial charge in [0.2, 0.25) is 0 Å². The number of rotatable bonds is 14. The highest BCUT2D eigenvalue weighted by Crippen LogP contribution is 2.28. The maximum Gasteiger partial charge on any atom is 0.125 e. The fourth-order valence-electron chi connectivity index (χ4n) is 3.67. The molecule has 0 aliphatic heterocycles. The van der Waals surface area contributed by atoms with Crippen molar-refractivity contribution < 1.29 is 14.3 Å². The monoisotopic (exact) mass is 437 g/mol. The van der Waals surface area contributed by atoms with Crippen LogP contribution in [0.2, 0.25) is 0 Å². The molecule has 0 saturated heterocycles. The maximum absolute atomic E-state index is 6.12. The van der Waals surface area contributed by atoms with E-state index in [0.717, 1.165) is 72.4 Å². The Balaban J connectivity index is 1.85. The molecule has 0 fully saturated rings. The summed E-state index contributed by atoms with van der Waals surface area (Å²) < 4.78 is 11.9. The summed E-state index contributed by atoms with van der Waals surface area (Å²) in [5, 5.41) is 4.24. The van der Waals surface area contributed by atoms with Crippen LogP contribution in [-0.2, 0) is 11.3 Å². The molecule has 4 nitrogen and oxygen atoms in total. The molecule has 0 bridgehead atoms. The Morgan fingerprint density at radius 1 is 1.00 bits per heavy atom. The minimum atomic E-state index is 0.591. The first-order chi connectivity index (χ1) is 15.6. The average molecular weight is 438 g/mol. The lowest BCUT2D eigenvalue weighted by Gasteiger charge is -2.14. The van der Waals surface area contributed by atoms with Crippen LogP contribution < -0.4 is 9.47 Å². The summed E-state index contributed by atoms with van der Waals surface area (Å²) in [6.07, 6.45) is 10.3. The lowest BCUT2D eigenvalue weighted by Crippen LogP contribution is -2.04. The van der Waals surface area contributed by atoms with Crippen LogP contribution in [0.25, 0.3) is 0 Å². The Morgan fingerprint density at radius 2 is 1.78 bits per heavy atom. The zero-order chi connectivity index (χ0) is 23.2. The van der Waals surface area contributed by atoms with Crippen molar-refractivity contribution in [2.24, 2.45) is 5.16 Å². The van der Waals surface area contributed by atoms with Gasteiger partial charge in [0.1, 0.15) is 25.2 Å². The lowest BCUT2D eigenvalue weighted by molar-refractivity contribution is 0.212. The van der Waals surface area contributed by atoms with E-state index < -0.39 is 0 Å². The minimum absolute atomic E-state index is 0.591. The van der Waals surface area contributed by atoms with Crippen molar-refractivity contribution >= 4 is 5.71 Å². The molecule has 0 unspecified atom stereocenters. The first kappa shape index (κ1) is 25.5. The third kappa shape index (κ3) is 8.41. The van der Waals surface area contributed by atoms with Crippen molar-refractivity contribution in [3.8, 4) is 11.5 Å². The molecule has 2 rings (SSSR count). The SMILES string of the molecule is C/C=C/COc1cc(C)c(OCCCCc2cccc(C(CCCC)=NOC)c2)c(C)c1. The third-order valence-electron chi connectivity index (χ3n) is 5.35. The molecule has 32 heavy (non-hydrogen) atoms. The number of aryl methyl sites for hydroxylation is 3. The molecule has 0 atom stereocenters. The topological polar surface area (TPSA) is 40.0 Å². The summed E-state index contributed by atoms with van der Waals surface area (Å²) in [4.78, 5) is 5.06. The van der Waals surface area contributed by atoms with Gasteiger partial charge >= 0.3 is 0 Å². The highest BCUT2D eigenvalue weighted by Gasteiger charge is 2.08. The summed E-state index contributed by atoms with van der Waals surface area (Å²) in [6, 6.07) is 12.8. The Kier molecular flexibility index (Phi) is 11.4. The highest BCUT2D eigenvalue weighted by atomic mass is 16.6. The molecule has 0 saturated carbocycles. The van der Waals surface area contributed by atoms with Crippen molar-refractivity contribution in [3.63, 3.8) is 0 Å². The van der Waals surface area contributed by atoms with Gasteiger partial charge in [-0.15, -0.1) is 0 Å². The molecule has 0 amide bonds. The Labute approximate surface area is 194 Å². The van der Waals surface area contributed by atoms with E-state index >= 15 is 0 Å². The number of nitrogens with zero attached hydrogens (tertiary/aromatic N) is 1. The maximum atomic E-state index is 6.12. The van der Waals surface area contributed by atoms with Crippen LogP contribution >= 0.6 is 0 Å². The van der Waals surface area contributed by atoms with Crippen molar-refractivity contribution in [1.29, 1.82) is 0 Å². The number of allylic oxidation sites excluding steroid dienone is 1. The number of unbranched alkanes of at least 4 members (excludes halogenated alkanes) is 2. The molecule has 0 aliphatic rings. The molecule has 0 aromatic heterocycles. The second kappa shape index (κ2) is 14.3. The molecule has 174 valence electrons. The Morgan fingerprint density at radius 3 is 2.47 bits per heavy atom. The summed E-state index contributed by atoms with van der Waals surface area (Å²) in [5.74, 6) is 1.86. The van der Waals surface area contributed by atoms with Gasteiger partial charge in [0.25, 0.3) is 0 Å². The van der Waals surface area contributed by atoms with Gasteiger partial charge in [0, 0.05) is 0 Å². The number of benzene rings is 2. The Bertz CT molecular complexity index is 863. The molecule has 0 aliphatic carbocycles. The average Bonchev–Trinajstić information content (AvgIpc) is 2.78. The van der Waals surface area contributed by atoms with E-state index in [1.165, 1.54) is 5.56 Å². The lowest BCUT2D eigenvalue weighted by atomic mass is 10.00. The van der Waals surface area contributed by atoms with Gasteiger partial charge in [0.05, 0.1) is 12.3 Å². The second-order valence-corrected chi connectivity index (χ2v) is 8.10. The van der Waals surface area contributed by atoms with E-state index in [0.29, 0.717) is 13.2 Å². The van der Waals surface area contributed by atoms with Gasteiger partial charge in [-0.3, -0.25) is 0 Å². The van der Waals surface area contributed by atoms with Crippen LogP contribution in [-0.4, -0.2) is 26.0 Å². The van der Waals surface area contributed by atoms with Gasteiger partial charge in [-0.05, 0) is 93.3 Å². The van der Waals surface area contributed by atoms with Gasteiger partial charge < -0.3 is 14.3 Å². The Hall–Kier alpha value is -2.75. The van der Waals surface area contributed by atoms with E-state index in [2.05, 4.69) is 62.3 Å². The number of hydrogen-bond acceptors (Lipinski definition) is 4. The molecule has 0 N–H and O–H groups in total. The third-order valence-corrected chi connectivity index (χ3v) is 5.35. The zero-order valence-electron chi connectivity index (χ0n) is 20.4. The van der Waals surface area contributed by atoms with Crippen LogP contribution in [0.5, 0.6) is 11.5 Å². The molecule has 0 heterocycles. The van der Waals surface area contributed by atoms with E-state index in [9.17, 15) is 0 Å². The predicted octanol–water partition coefficient (Wildman–Crippen LogP) is 7.20. The molecule has 0 radical (unpaired) electrons. The largest absolute Gasteiger partial charge is 0.493 e. The molecule has 0 spiro atoms. The number of oxime groups is 1. The minimum Gasteiger partial charge on any atom is -0.493 e. The molecule has 2 aromatic rings. The number of hydrogen-bond donors (Lipinski definition) is 0. The smallest absolute Gasteiger partial charge is 0.125 e.